The number of aromatic nitrogens is 2. The fourth-order valence-corrected chi connectivity index (χ4v) is 4.27. The smallest absolute Gasteiger partial charge is 0.224 e. The number of carbonyl (C=O) groups is 1. The Morgan fingerprint density at radius 1 is 1.09 bits per heavy atom. The molecule has 0 spiro atoms. The van der Waals surface area contributed by atoms with Crippen molar-refractivity contribution < 1.29 is 9.18 Å². The maximum Gasteiger partial charge on any atom is 0.224 e. The maximum atomic E-state index is 13.4. The number of hydrogen-bond acceptors (Lipinski definition) is 4. The molecule has 32 heavy (non-hydrogen) atoms. The number of benzene rings is 2. The van der Waals surface area contributed by atoms with Crippen molar-refractivity contribution in [2.45, 2.75) is 25.4 Å². The minimum absolute atomic E-state index is 0.0286. The van der Waals surface area contributed by atoms with Gasteiger partial charge < -0.3 is 5.32 Å². The summed E-state index contributed by atoms with van der Waals surface area (Å²) in [5.74, 6) is -0.453. The van der Waals surface area contributed by atoms with Crippen LogP contribution in [0.4, 0.5) is 4.39 Å². The zero-order chi connectivity index (χ0) is 22.5. The van der Waals surface area contributed by atoms with Crippen molar-refractivity contribution in [3.63, 3.8) is 0 Å². The van der Waals surface area contributed by atoms with E-state index in [2.05, 4.69) is 20.2 Å². The van der Waals surface area contributed by atoms with Crippen molar-refractivity contribution in [1.29, 1.82) is 0 Å². The van der Waals surface area contributed by atoms with E-state index in [1.165, 1.54) is 12.1 Å². The largest absolute Gasteiger partial charge is 0.343 e. The van der Waals surface area contributed by atoms with Gasteiger partial charge in [-0.05, 0) is 61.3 Å². The molecule has 166 valence electrons. The Bertz CT molecular complexity index is 1060. The Balaban J connectivity index is 1.39. The molecule has 1 aliphatic rings. The first kappa shape index (κ1) is 22.6. The summed E-state index contributed by atoms with van der Waals surface area (Å²) >= 11 is 12.1. The van der Waals surface area contributed by atoms with Gasteiger partial charge in [-0.25, -0.2) is 4.39 Å². The fraction of sp³-hybridized carbons (Fsp3) is 0.292. The quantitative estimate of drug-likeness (QED) is 0.545. The molecule has 5 nitrogen and oxygen atoms in total. The molecule has 4 rings (SSSR count). The molecule has 1 amide bonds. The van der Waals surface area contributed by atoms with E-state index in [9.17, 15) is 9.18 Å². The van der Waals surface area contributed by atoms with Gasteiger partial charge in [-0.2, -0.15) is 0 Å². The van der Waals surface area contributed by atoms with Crippen LogP contribution in [0.3, 0.4) is 0 Å². The van der Waals surface area contributed by atoms with Gasteiger partial charge in [0.2, 0.25) is 5.91 Å². The number of carbonyl (C=O) groups excluding carboxylic acids is 1. The summed E-state index contributed by atoms with van der Waals surface area (Å²) in [5.41, 5.74) is 2.48. The molecule has 2 aromatic carbocycles. The molecule has 1 fully saturated rings. The Hall–Kier alpha value is -2.54. The first-order valence-electron chi connectivity index (χ1n) is 10.5. The van der Waals surface area contributed by atoms with E-state index in [1.807, 2.05) is 18.2 Å². The van der Waals surface area contributed by atoms with Crippen molar-refractivity contribution in [3.05, 3.63) is 93.7 Å². The van der Waals surface area contributed by atoms with Gasteiger partial charge >= 0.3 is 0 Å². The molecule has 0 aliphatic carbocycles. The molecule has 1 N–H and O–H groups in total. The molecule has 0 bridgehead atoms. The van der Waals surface area contributed by atoms with E-state index >= 15 is 0 Å². The standard InChI is InChI=1S/C24H23Cl2FN4O/c25-20-6-1-16(13-21(20)26)15-31-11-7-18(8-12-31)24(32)30-23(22-14-28-9-10-29-22)17-2-4-19(27)5-3-17/h1-6,9-10,13-14,18,23H,7-8,11-12,15H2,(H,30,32). The lowest BCUT2D eigenvalue weighted by atomic mass is 9.94. The highest BCUT2D eigenvalue weighted by atomic mass is 35.5. The topological polar surface area (TPSA) is 58.1 Å². The van der Waals surface area contributed by atoms with Crippen LogP contribution < -0.4 is 5.32 Å². The highest BCUT2D eigenvalue weighted by Crippen LogP contribution is 2.26. The Kier molecular flexibility index (Phi) is 7.35. The van der Waals surface area contributed by atoms with E-state index in [1.54, 1.807) is 30.7 Å². The van der Waals surface area contributed by atoms with Crippen LogP contribution in [0.15, 0.2) is 61.1 Å². The number of halogens is 3. The molecular weight excluding hydrogens is 450 g/mol. The van der Waals surface area contributed by atoms with Crippen LogP contribution in [0.2, 0.25) is 10.0 Å². The average molecular weight is 473 g/mol. The maximum absolute atomic E-state index is 13.4. The summed E-state index contributed by atoms with van der Waals surface area (Å²) in [6.07, 6.45) is 6.29. The number of piperidine rings is 1. The summed E-state index contributed by atoms with van der Waals surface area (Å²) < 4.78 is 13.4. The van der Waals surface area contributed by atoms with E-state index in [0.29, 0.717) is 15.7 Å². The van der Waals surface area contributed by atoms with Crippen molar-refractivity contribution in [2.24, 2.45) is 5.92 Å². The number of rotatable bonds is 6. The minimum Gasteiger partial charge on any atom is -0.343 e. The van der Waals surface area contributed by atoms with Crippen molar-refractivity contribution in [2.75, 3.05) is 13.1 Å². The monoisotopic (exact) mass is 472 g/mol. The van der Waals surface area contributed by atoms with E-state index < -0.39 is 6.04 Å². The molecule has 8 heteroatoms. The molecule has 0 saturated carbocycles. The minimum atomic E-state index is -0.481. The molecule has 3 aromatic rings. The summed E-state index contributed by atoms with van der Waals surface area (Å²) in [6.45, 7) is 2.39. The second-order valence-corrected chi connectivity index (χ2v) is 8.74. The number of likely N-dealkylation sites (tertiary alicyclic amines) is 1. The molecule has 1 aliphatic heterocycles. The first-order valence-corrected chi connectivity index (χ1v) is 11.2. The van der Waals surface area contributed by atoms with Gasteiger partial charge in [-0.3, -0.25) is 19.7 Å². The first-order chi connectivity index (χ1) is 15.5. The van der Waals surface area contributed by atoms with Crippen LogP contribution in [0.5, 0.6) is 0 Å². The van der Waals surface area contributed by atoms with Crippen molar-refractivity contribution in [1.82, 2.24) is 20.2 Å². The van der Waals surface area contributed by atoms with Crippen LogP contribution in [-0.4, -0.2) is 33.9 Å². The Morgan fingerprint density at radius 3 is 2.50 bits per heavy atom. The molecule has 2 heterocycles. The third-order valence-electron chi connectivity index (χ3n) is 5.72. The second-order valence-electron chi connectivity index (χ2n) is 7.92. The molecule has 1 saturated heterocycles. The van der Waals surface area contributed by atoms with Crippen LogP contribution in [-0.2, 0) is 11.3 Å². The SMILES string of the molecule is O=C(NC(c1ccc(F)cc1)c1cnccn1)C1CCN(Cc2ccc(Cl)c(Cl)c2)CC1. The van der Waals surface area contributed by atoms with Gasteiger partial charge in [-0.1, -0.05) is 41.4 Å². The highest BCUT2D eigenvalue weighted by molar-refractivity contribution is 6.42. The van der Waals surface area contributed by atoms with Crippen LogP contribution >= 0.6 is 23.2 Å². The van der Waals surface area contributed by atoms with E-state index in [0.717, 1.165) is 43.6 Å². The van der Waals surface area contributed by atoms with Gasteiger partial charge in [0.15, 0.2) is 0 Å². The fourth-order valence-electron chi connectivity index (χ4n) is 3.95. The number of hydrogen-bond donors (Lipinski definition) is 1. The van der Waals surface area contributed by atoms with Gasteiger partial charge in [0, 0.05) is 24.9 Å². The Morgan fingerprint density at radius 2 is 1.84 bits per heavy atom. The normalized spacial score (nSPS) is 16.0. The number of nitrogens with one attached hydrogen (secondary N) is 1. The predicted molar refractivity (Wildman–Crippen MR) is 123 cm³/mol. The summed E-state index contributed by atoms with van der Waals surface area (Å²) in [6, 6.07) is 11.3. The lowest BCUT2D eigenvalue weighted by Gasteiger charge is -2.32. The third kappa shape index (κ3) is 5.63. The van der Waals surface area contributed by atoms with E-state index in [-0.39, 0.29) is 17.6 Å². The Labute approximate surface area is 196 Å². The molecule has 1 atom stereocenters. The van der Waals surface area contributed by atoms with Gasteiger partial charge in [0.05, 0.1) is 28.0 Å². The van der Waals surface area contributed by atoms with Gasteiger partial charge in [0.1, 0.15) is 5.82 Å². The molecule has 0 radical (unpaired) electrons. The van der Waals surface area contributed by atoms with Crippen molar-refractivity contribution >= 4 is 29.1 Å². The van der Waals surface area contributed by atoms with E-state index in [4.69, 9.17) is 23.2 Å². The number of nitrogens with zero attached hydrogens (tertiary/aromatic N) is 3. The van der Waals surface area contributed by atoms with Crippen molar-refractivity contribution in [3.8, 4) is 0 Å². The van der Waals surface area contributed by atoms with Crippen LogP contribution in [0, 0.1) is 11.7 Å². The lowest BCUT2D eigenvalue weighted by molar-refractivity contribution is -0.127. The van der Waals surface area contributed by atoms with Crippen LogP contribution in [0.25, 0.3) is 0 Å². The average Bonchev–Trinajstić information content (AvgIpc) is 2.81. The third-order valence-corrected chi connectivity index (χ3v) is 6.46. The lowest BCUT2D eigenvalue weighted by Crippen LogP contribution is -2.41. The van der Waals surface area contributed by atoms with Crippen LogP contribution in [0.1, 0.15) is 35.7 Å². The summed E-state index contributed by atoms with van der Waals surface area (Å²) in [7, 11) is 0. The predicted octanol–water partition coefficient (Wildman–Crippen LogP) is 5.04. The zero-order valence-electron chi connectivity index (χ0n) is 17.3. The van der Waals surface area contributed by atoms with Gasteiger partial charge in [0.25, 0.3) is 0 Å². The molecule has 1 unspecified atom stereocenters. The molecular formula is C24H23Cl2FN4O. The summed E-state index contributed by atoms with van der Waals surface area (Å²) in [5, 5.41) is 4.20. The highest BCUT2D eigenvalue weighted by Gasteiger charge is 2.28. The second kappa shape index (κ2) is 10.4. The summed E-state index contributed by atoms with van der Waals surface area (Å²) in [4.78, 5) is 23.9. The number of amides is 1. The van der Waals surface area contributed by atoms with Gasteiger partial charge in [-0.15, -0.1) is 0 Å². The zero-order valence-corrected chi connectivity index (χ0v) is 18.9. The molecule has 1 aromatic heterocycles.